The summed E-state index contributed by atoms with van der Waals surface area (Å²) in [5.41, 5.74) is 5.26. The fourth-order valence-electron chi connectivity index (χ4n) is 1.01. The molecule has 0 fully saturated rings. The van der Waals surface area contributed by atoms with Crippen molar-refractivity contribution in [2.45, 2.75) is 25.1 Å². The van der Waals surface area contributed by atoms with Crippen molar-refractivity contribution in [3.63, 3.8) is 0 Å². The van der Waals surface area contributed by atoms with Crippen LogP contribution in [0.5, 0.6) is 0 Å². The summed E-state index contributed by atoms with van der Waals surface area (Å²) in [5.74, 6) is 0.226. The molecule has 8 heteroatoms. The maximum absolute atomic E-state index is 11.9. The highest BCUT2D eigenvalue weighted by Gasteiger charge is 2.30. The quantitative estimate of drug-likeness (QED) is 0.762. The van der Waals surface area contributed by atoms with Crippen LogP contribution in [0.3, 0.4) is 0 Å². The number of halogens is 3. The van der Waals surface area contributed by atoms with E-state index >= 15 is 0 Å². The van der Waals surface area contributed by atoms with E-state index in [1.807, 2.05) is 0 Å². The predicted molar refractivity (Wildman–Crippen MR) is 41.1 cm³/mol. The van der Waals surface area contributed by atoms with Crippen molar-refractivity contribution in [2.75, 3.05) is 0 Å². The van der Waals surface area contributed by atoms with Gasteiger partial charge in [0.15, 0.2) is 5.82 Å². The Morgan fingerprint density at radius 2 is 2.14 bits per heavy atom. The van der Waals surface area contributed by atoms with Gasteiger partial charge in [0.05, 0.1) is 13.5 Å². The maximum Gasteiger partial charge on any atom is 0.390 e. The average Bonchev–Trinajstić information content (AvgIpc) is 2.30. The summed E-state index contributed by atoms with van der Waals surface area (Å²) in [7, 11) is 1.53. The molecule has 0 aliphatic rings. The summed E-state index contributed by atoms with van der Waals surface area (Å²) >= 11 is 0. The molecular weight excluding hydrogens is 199 g/mol. The van der Waals surface area contributed by atoms with Crippen LogP contribution in [0, 0.1) is 0 Å². The third-order valence-corrected chi connectivity index (χ3v) is 1.49. The zero-order chi connectivity index (χ0) is 10.8. The molecule has 1 aromatic rings. The first kappa shape index (κ1) is 10.9. The van der Waals surface area contributed by atoms with Gasteiger partial charge in [0.2, 0.25) is 0 Å². The van der Waals surface area contributed by atoms with E-state index in [2.05, 4.69) is 15.4 Å². The number of hydrogen-bond donors (Lipinski definition) is 1. The van der Waals surface area contributed by atoms with Crippen molar-refractivity contribution in [2.24, 2.45) is 12.8 Å². The third kappa shape index (κ3) is 3.69. The minimum absolute atomic E-state index is 0.0205. The van der Waals surface area contributed by atoms with Gasteiger partial charge in [-0.25, -0.2) is 0 Å². The lowest BCUT2D eigenvalue weighted by molar-refractivity contribution is -0.138. The molecule has 0 saturated carbocycles. The van der Waals surface area contributed by atoms with Gasteiger partial charge in [-0.15, -0.1) is 10.2 Å². The molecule has 1 rings (SSSR count). The molecule has 1 unspecified atom stereocenters. The summed E-state index contributed by atoms with van der Waals surface area (Å²) < 4.78 is 35.6. The number of aryl methyl sites for hydroxylation is 1. The van der Waals surface area contributed by atoms with Gasteiger partial charge in [0.1, 0.15) is 0 Å². The molecule has 0 amide bonds. The second kappa shape index (κ2) is 3.91. The molecule has 2 N–H and O–H groups in total. The van der Waals surface area contributed by atoms with Crippen molar-refractivity contribution < 1.29 is 13.2 Å². The SMILES string of the molecule is Cn1nnc(CC(N)CC(F)(F)F)n1. The predicted octanol–water partition coefficient (Wildman–Crippen LogP) is 0.0323. The largest absolute Gasteiger partial charge is 0.390 e. The number of tetrazole rings is 1. The molecule has 1 atom stereocenters. The first-order valence-electron chi connectivity index (χ1n) is 3.92. The number of hydrogen-bond acceptors (Lipinski definition) is 4. The molecule has 0 radical (unpaired) electrons. The lowest BCUT2D eigenvalue weighted by atomic mass is 10.1. The van der Waals surface area contributed by atoms with Gasteiger partial charge in [0, 0.05) is 12.5 Å². The molecule has 80 valence electrons. The molecule has 14 heavy (non-hydrogen) atoms. The monoisotopic (exact) mass is 209 g/mol. The molecule has 1 heterocycles. The summed E-state index contributed by atoms with van der Waals surface area (Å²) in [6.45, 7) is 0. The number of nitrogens with zero attached hydrogens (tertiary/aromatic N) is 4. The first-order valence-corrected chi connectivity index (χ1v) is 3.92. The Balaban J connectivity index is 2.45. The molecule has 0 aromatic carbocycles. The molecular formula is C6H10F3N5. The summed E-state index contributed by atoms with van der Waals surface area (Å²) in [6.07, 6.45) is -5.31. The fraction of sp³-hybridized carbons (Fsp3) is 0.833. The van der Waals surface area contributed by atoms with Crippen molar-refractivity contribution in [3.05, 3.63) is 5.82 Å². The molecule has 0 spiro atoms. The van der Waals surface area contributed by atoms with Gasteiger partial charge >= 0.3 is 6.18 Å². The Labute approximate surface area is 78.1 Å². The van der Waals surface area contributed by atoms with Gasteiger partial charge in [0.25, 0.3) is 0 Å². The standard InChI is InChI=1S/C6H10F3N5/c1-14-12-5(11-13-14)2-4(10)3-6(7,8)9/h4H,2-3,10H2,1H3. The highest BCUT2D eigenvalue weighted by atomic mass is 19.4. The summed E-state index contributed by atoms with van der Waals surface area (Å²) in [5, 5.41) is 10.8. The van der Waals surface area contributed by atoms with Crippen LogP contribution in [-0.4, -0.2) is 32.4 Å². The van der Waals surface area contributed by atoms with E-state index in [0.29, 0.717) is 0 Å². The van der Waals surface area contributed by atoms with Crippen LogP contribution in [0.25, 0.3) is 0 Å². The Morgan fingerprint density at radius 3 is 2.57 bits per heavy atom. The summed E-state index contributed by atoms with van der Waals surface area (Å²) in [6, 6.07) is -1.01. The van der Waals surface area contributed by atoms with Crippen LogP contribution in [0.15, 0.2) is 0 Å². The fourth-order valence-corrected chi connectivity index (χ4v) is 1.01. The van der Waals surface area contributed by atoms with E-state index in [1.165, 1.54) is 11.8 Å². The second-order valence-corrected chi connectivity index (χ2v) is 2.98. The topological polar surface area (TPSA) is 69.6 Å². The highest BCUT2D eigenvalue weighted by Crippen LogP contribution is 2.21. The van der Waals surface area contributed by atoms with Gasteiger partial charge in [-0.3, -0.25) is 0 Å². The molecule has 0 aliphatic carbocycles. The second-order valence-electron chi connectivity index (χ2n) is 2.98. The minimum Gasteiger partial charge on any atom is -0.327 e. The number of nitrogens with two attached hydrogens (primary N) is 1. The third-order valence-electron chi connectivity index (χ3n) is 1.49. The molecule has 5 nitrogen and oxygen atoms in total. The Morgan fingerprint density at radius 1 is 1.50 bits per heavy atom. The van der Waals surface area contributed by atoms with Crippen LogP contribution < -0.4 is 5.73 Å². The number of alkyl halides is 3. The zero-order valence-corrected chi connectivity index (χ0v) is 7.49. The zero-order valence-electron chi connectivity index (χ0n) is 7.49. The lowest BCUT2D eigenvalue weighted by Gasteiger charge is -2.11. The van der Waals surface area contributed by atoms with Crippen LogP contribution in [-0.2, 0) is 13.5 Å². The lowest BCUT2D eigenvalue weighted by Crippen LogP contribution is -2.30. The van der Waals surface area contributed by atoms with E-state index in [4.69, 9.17) is 5.73 Å². The van der Waals surface area contributed by atoms with E-state index < -0.39 is 18.6 Å². The van der Waals surface area contributed by atoms with Crippen LogP contribution >= 0.6 is 0 Å². The van der Waals surface area contributed by atoms with Crippen molar-refractivity contribution >= 4 is 0 Å². The Kier molecular flexibility index (Phi) is 3.04. The molecule has 0 aliphatic heterocycles. The molecule has 0 saturated heterocycles. The summed E-state index contributed by atoms with van der Waals surface area (Å²) in [4.78, 5) is 1.18. The van der Waals surface area contributed by atoms with Gasteiger partial charge in [-0.2, -0.15) is 18.0 Å². The van der Waals surface area contributed by atoms with Gasteiger partial charge in [-0.1, -0.05) is 0 Å². The first-order chi connectivity index (χ1) is 6.37. The van der Waals surface area contributed by atoms with E-state index in [-0.39, 0.29) is 12.2 Å². The number of aromatic nitrogens is 4. The number of rotatable bonds is 3. The average molecular weight is 209 g/mol. The Hall–Kier alpha value is -1.18. The molecule has 0 bridgehead atoms. The highest BCUT2D eigenvalue weighted by molar-refractivity contribution is 4.83. The van der Waals surface area contributed by atoms with E-state index in [0.717, 1.165) is 0 Å². The van der Waals surface area contributed by atoms with Gasteiger partial charge in [-0.05, 0) is 5.21 Å². The molecule has 1 aromatic heterocycles. The van der Waals surface area contributed by atoms with Crippen LogP contribution in [0.2, 0.25) is 0 Å². The van der Waals surface area contributed by atoms with Gasteiger partial charge < -0.3 is 5.73 Å². The van der Waals surface area contributed by atoms with Crippen LogP contribution in [0.1, 0.15) is 12.2 Å². The van der Waals surface area contributed by atoms with Crippen molar-refractivity contribution in [1.29, 1.82) is 0 Å². The maximum atomic E-state index is 11.9. The van der Waals surface area contributed by atoms with Crippen molar-refractivity contribution in [1.82, 2.24) is 20.2 Å². The van der Waals surface area contributed by atoms with Crippen LogP contribution in [0.4, 0.5) is 13.2 Å². The van der Waals surface area contributed by atoms with Crippen molar-refractivity contribution in [3.8, 4) is 0 Å². The van der Waals surface area contributed by atoms with E-state index in [1.54, 1.807) is 0 Å². The smallest absolute Gasteiger partial charge is 0.327 e. The van der Waals surface area contributed by atoms with E-state index in [9.17, 15) is 13.2 Å². The normalized spacial score (nSPS) is 14.4. The minimum atomic E-state index is -4.25. The Bertz CT molecular complexity index is 294.